The Morgan fingerprint density at radius 1 is 1.15 bits per heavy atom. The van der Waals surface area contributed by atoms with Gasteiger partial charge in [-0.15, -0.1) is 0 Å². The van der Waals surface area contributed by atoms with Crippen molar-refractivity contribution in [3.8, 4) is 5.75 Å². The number of hydrogen-bond donors (Lipinski definition) is 2. The first-order valence-electron chi connectivity index (χ1n) is 11.1. The van der Waals surface area contributed by atoms with Gasteiger partial charge in [0.1, 0.15) is 5.75 Å². The second kappa shape index (κ2) is 7.78. The molecule has 0 spiro atoms. The molecule has 0 fully saturated rings. The zero-order valence-electron chi connectivity index (χ0n) is 18.0. The average Bonchev–Trinajstić information content (AvgIpc) is 3.46. The molecule has 7 heteroatoms. The monoisotopic (exact) mass is 437 g/mol. The fraction of sp³-hybridized carbons (Fsp3) is 0.192. The minimum Gasteiger partial charge on any atom is -0.493 e. The van der Waals surface area contributed by atoms with Crippen molar-refractivity contribution in [3.63, 3.8) is 0 Å². The van der Waals surface area contributed by atoms with Gasteiger partial charge in [-0.05, 0) is 47.4 Å². The molecule has 33 heavy (non-hydrogen) atoms. The van der Waals surface area contributed by atoms with E-state index in [2.05, 4.69) is 45.3 Å². The predicted octanol–water partition coefficient (Wildman–Crippen LogP) is 3.66. The summed E-state index contributed by atoms with van der Waals surface area (Å²) in [4.78, 5) is 27.0. The number of nitrogen functional groups attached to an aromatic ring is 1. The average molecular weight is 438 g/mol. The highest BCUT2D eigenvalue weighted by Gasteiger charge is 2.34. The van der Waals surface area contributed by atoms with E-state index in [0.717, 1.165) is 40.9 Å². The molecule has 0 radical (unpaired) electrons. The summed E-state index contributed by atoms with van der Waals surface area (Å²) in [5.41, 5.74) is 12.0. The van der Waals surface area contributed by atoms with E-state index in [1.807, 2.05) is 17.0 Å². The molecule has 1 atom stereocenters. The van der Waals surface area contributed by atoms with Crippen LogP contribution in [0.25, 0.3) is 17.0 Å². The normalized spacial score (nSPS) is 17.2. The molecule has 2 aromatic carbocycles. The van der Waals surface area contributed by atoms with E-state index in [1.54, 1.807) is 24.5 Å². The van der Waals surface area contributed by atoms with Gasteiger partial charge in [0.15, 0.2) is 0 Å². The van der Waals surface area contributed by atoms with Crippen LogP contribution >= 0.6 is 0 Å². The molecule has 0 bridgehead atoms. The Hall–Kier alpha value is -4.13. The molecule has 0 saturated heterocycles. The number of nitrogens with zero attached hydrogens (tertiary/aromatic N) is 3. The van der Waals surface area contributed by atoms with Crippen LogP contribution in [0.5, 0.6) is 5.75 Å². The molecule has 0 saturated carbocycles. The number of nitrogens with two attached hydrogens (primary N) is 1. The highest BCUT2D eigenvalue weighted by atomic mass is 16.5. The molecule has 6 rings (SSSR count). The molecule has 2 aliphatic rings. The number of anilines is 1. The molecule has 164 valence electrons. The number of fused-ring (bicyclic) bond motifs is 4. The van der Waals surface area contributed by atoms with Crippen molar-refractivity contribution in [1.82, 2.24) is 19.9 Å². The first kappa shape index (κ1) is 19.5. The fourth-order valence-electron chi connectivity index (χ4n) is 4.90. The SMILES string of the molecule is Nc1ncc(/C=C/C(=O)N2CCc3c([nH]c4ccccc34)[C@H]2c2ccc3c(c2)CCO3)cn1. The summed E-state index contributed by atoms with van der Waals surface area (Å²) in [6.07, 6.45) is 8.23. The number of para-hydroxylation sites is 1. The largest absolute Gasteiger partial charge is 0.493 e. The van der Waals surface area contributed by atoms with Crippen LogP contribution in [0.4, 0.5) is 5.95 Å². The number of benzene rings is 2. The number of H-pyrrole nitrogens is 1. The van der Waals surface area contributed by atoms with Gasteiger partial charge < -0.3 is 20.4 Å². The summed E-state index contributed by atoms with van der Waals surface area (Å²) in [6, 6.07) is 14.4. The van der Waals surface area contributed by atoms with Crippen LogP contribution in [0.3, 0.4) is 0 Å². The maximum Gasteiger partial charge on any atom is 0.247 e. The Kier molecular flexibility index (Phi) is 4.61. The minimum absolute atomic E-state index is 0.0575. The molecule has 2 aliphatic heterocycles. The summed E-state index contributed by atoms with van der Waals surface area (Å²) >= 11 is 0. The van der Waals surface area contributed by atoms with Gasteiger partial charge in [-0.2, -0.15) is 0 Å². The van der Waals surface area contributed by atoms with Crippen LogP contribution in [0.1, 0.15) is 34.0 Å². The summed E-state index contributed by atoms with van der Waals surface area (Å²) in [5, 5.41) is 1.23. The third-order valence-electron chi connectivity index (χ3n) is 6.46. The van der Waals surface area contributed by atoms with Gasteiger partial charge in [0.05, 0.1) is 12.6 Å². The van der Waals surface area contributed by atoms with Crippen LogP contribution in [-0.4, -0.2) is 38.9 Å². The lowest BCUT2D eigenvalue weighted by molar-refractivity contribution is -0.128. The number of nitrogens with one attached hydrogen (secondary N) is 1. The van der Waals surface area contributed by atoms with E-state index in [0.29, 0.717) is 13.2 Å². The summed E-state index contributed by atoms with van der Waals surface area (Å²) in [7, 11) is 0. The minimum atomic E-state index is -0.202. The topological polar surface area (TPSA) is 97.1 Å². The number of amides is 1. The molecule has 4 heterocycles. The standard InChI is InChI=1S/C26H23N5O2/c27-26-28-14-16(15-29-26)5-8-23(32)31-11-9-20-19-3-1-2-4-21(19)30-24(20)25(31)18-6-7-22-17(13-18)10-12-33-22/h1-8,13-15,25,30H,9-12H2,(H2,27,28,29)/b8-5+/t25-/m1/s1. The van der Waals surface area contributed by atoms with Gasteiger partial charge in [-0.1, -0.05) is 24.3 Å². The number of aromatic nitrogens is 3. The molecule has 1 amide bonds. The molecule has 4 aromatic rings. The number of rotatable bonds is 3. The third kappa shape index (κ3) is 3.42. The first-order valence-corrected chi connectivity index (χ1v) is 11.1. The van der Waals surface area contributed by atoms with Gasteiger partial charge in [0.25, 0.3) is 0 Å². The Bertz CT molecular complexity index is 1390. The van der Waals surface area contributed by atoms with Crippen LogP contribution in [0.15, 0.2) is 60.9 Å². The number of ether oxygens (including phenoxy) is 1. The second-order valence-electron chi connectivity index (χ2n) is 8.42. The summed E-state index contributed by atoms with van der Waals surface area (Å²) < 4.78 is 5.71. The highest BCUT2D eigenvalue weighted by molar-refractivity contribution is 5.93. The van der Waals surface area contributed by atoms with Crippen molar-refractivity contribution >= 4 is 28.8 Å². The van der Waals surface area contributed by atoms with Gasteiger partial charge in [0, 0.05) is 53.6 Å². The Morgan fingerprint density at radius 3 is 2.88 bits per heavy atom. The lowest BCUT2D eigenvalue weighted by Crippen LogP contribution is -2.39. The van der Waals surface area contributed by atoms with E-state index in [1.165, 1.54) is 16.5 Å². The van der Waals surface area contributed by atoms with Crippen LogP contribution in [-0.2, 0) is 17.6 Å². The van der Waals surface area contributed by atoms with Gasteiger partial charge in [-0.3, -0.25) is 4.79 Å². The van der Waals surface area contributed by atoms with Crippen molar-refractivity contribution in [2.45, 2.75) is 18.9 Å². The Labute approximate surface area is 190 Å². The van der Waals surface area contributed by atoms with Gasteiger partial charge >= 0.3 is 0 Å². The Balaban J connectivity index is 1.42. The molecule has 0 unspecified atom stereocenters. The van der Waals surface area contributed by atoms with Gasteiger partial charge in [0.2, 0.25) is 11.9 Å². The van der Waals surface area contributed by atoms with Crippen molar-refractivity contribution in [2.24, 2.45) is 0 Å². The van der Waals surface area contributed by atoms with Crippen LogP contribution < -0.4 is 10.5 Å². The highest BCUT2D eigenvalue weighted by Crippen LogP contribution is 2.40. The van der Waals surface area contributed by atoms with Crippen molar-refractivity contribution < 1.29 is 9.53 Å². The molecule has 3 N–H and O–H groups in total. The van der Waals surface area contributed by atoms with E-state index in [-0.39, 0.29) is 17.9 Å². The number of carbonyl (C=O) groups excluding carboxylic acids is 1. The van der Waals surface area contributed by atoms with E-state index >= 15 is 0 Å². The second-order valence-corrected chi connectivity index (χ2v) is 8.42. The van der Waals surface area contributed by atoms with Crippen molar-refractivity contribution in [2.75, 3.05) is 18.9 Å². The summed E-state index contributed by atoms with van der Waals surface area (Å²) in [6.45, 7) is 1.34. The molecular weight excluding hydrogens is 414 g/mol. The molecule has 7 nitrogen and oxygen atoms in total. The van der Waals surface area contributed by atoms with Crippen molar-refractivity contribution in [1.29, 1.82) is 0 Å². The van der Waals surface area contributed by atoms with Gasteiger partial charge in [-0.25, -0.2) is 9.97 Å². The third-order valence-corrected chi connectivity index (χ3v) is 6.46. The maximum absolute atomic E-state index is 13.4. The Morgan fingerprint density at radius 2 is 2.00 bits per heavy atom. The quantitative estimate of drug-likeness (QED) is 0.477. The smallest absolute Gasteiger partial charge is 0.247 e. The number of hydrogen-bond acceptors (Lipinski definition) is 5. The van der Waals surface area contributed by atoms with E-state index < -0.39 is 0 Å². The van der Waals surface area contributed by atoms with Crippen LogP contribution in [0, 0.1) is 0 Å². The number of aromatic amines is 1. The lowest BCUT2D eigenvalue weighted by atomic mass is 9.91. The fourth-order valence-corrected chi connectivity index (χ4v) is 4.90. The maximum atomic E-state index is 13.4. The van der Waals surface area contributed by atoms with Crippen molar-refractivity contribution in [3.05, 3.63) is 88.9 Å². The predicted molar refractivity (Wildman–Crippen MR) is 127 cm³/mol. The zero-order chi connectivity index (χ0) is 22.4. The molecular formula is C26H23N5O2. The molecule has 0 aliphatic carbocycles. The lowest BCUT2D eigenvalue weighted by Gasteiger charge is -2.36. The zero-order valence-corrected chi connectivity index (χ0v) is 18.0. The van der Waals surface area contributed by atoms with Crippen LogP contribution in [0.2, 0.25) is 0 Å². The molecule has 2 aromatic heterocycles. The number of carbonyl (C=O) groups is 1. The first-order chi connectivity index (χ1) is 16.2. The van der Waals surface area contributed by atoms with E-state index in [4.69, 9.17) is 10.5 Å². The van der Waals surface area contributed by atoms with E-state index in [9.17, 15) is 4.79 Å². The summed E-state index contributed by atoms with van der Waals surface area (Å²) in [5.74, 6) is 1.09.